The molecule has 0 unspecified atom stereocenters. The molecule has 0 saturated heterocycles. The van der Waals surface area contributed by atoms with Crippen LogP contribution in [0.1, 0.15) is 36.1 Å². The van der Waals surface area contributed by atoms with Crippen molar-refractivity contribution in [3.63, 3.8) is 0 Å². The van der Waals surface area contributed by atoms with Gasteiger partial charge in [0.1, 0.15) is 5.69 Å². The molecular formula is C22H27N2+. The molecule has 1 heterocycles. The molecule has 24 heavy (non-hydrogen) atoms. The molecule has 0 fully saturated rings. The number of aryl methyl sites for hydroxylation is 3. The Morgan fingerprint density at radius 1 is 1.04 bits per heavy atom. The Balaban J connectivity index is 2.26. The highest BCUT2D eigenvalue weighted by atomic mass is 15.0. The molecule has 1 aromatic heterocycles. The van der Waals surface area contributed by atoms with Crippen LogP contribution in [-0.2, 0) is 13.5 Å². The predicted molar refractivity (Wildman–Crippen MR) is 101 cm³/mol. The fourth-order valence-corrected chi connectivity index (χ4v) is 3.50. The zero-order valence-corrected chi connectivity index (χ0v) is 15.6. The molecule has 0 radical (unpaired) electrons. The largest absolute Gasteiger partial charge is 0.287 e. The Labute approximate surface area is 145 Å². The van der Waals surface area contributed by atoms with Gasteiger partial charge in [0.25, 0.3) is 6.33 Å². The van der Waals surface area contributed by atoms with Crippen molar-refractivity contribution in [2.45, 2.75) is 41.0 Å². The number of fused-ring (bicyclic) bond motifs is 1. The summed E-state index contributed by atoms with van der Waals surface area (Å²) in [7, 11) is 2.08. The Bertz CT molecular complexity index is 907. The van der Waals surface area contributed by atoms with E-state index in [2.05, 4.69) is 81.5 Å². The van der Waals surface area contributed by atoms with Crippen LogP contribution in [0.3, 0.4) is 0 Å². The van der Waals surface area contributed by atoms with Gasteiger partial charge >= 0.3 is 0 Å². The van der Waals surface area contributed by atoms with Crippen LogP contribution < -0.4 is 4.57 Å². The molecule has 0 atom stereocenters. The number of hydrogen-bond acceptors (Lipinski definition) is 1. The highest BCUT2D eigenvalue weighted by Crippen LogP contribution is 2.30. The van der Waals surface area contributed by atoms with Crippen molar-refractivity contribution in [3.05, 3.63) is 58.9 Å². The summed E-state index contributed by atoms with van der Waals surface area (Å²) < 4.78 is 2.14. The molecule has 0 spiro atoms. The van der Waals surface area contributed by atoms with Crippen LogP contribution in [0.2, 0.25) is 0 Å². The topological polar surface area (TPSA) is 16.8 Å². The molecule has 2 aromatic carbocycles. The van der Waals surface area contributed by atoms with Crippen molar-refractivity contribution in [1.29, 1.82) is 0 Å². The summed E-state index contributed by atoms with van der Waals surface area (Å²) in [5, 5.41) is 1.22. The Morgan fingerprint density at radius 3 is 2.50 bits per heavy atom. The minimum Gasteiger partial charge on any atom is -0.232 e. The SMILES string of the molecule is Cc1cc(C)c(C)c(-c2c3ccc(CC(C)C)cc3nc[n+]2C)c1. The third-order valence-corrected chi connectivity index (χ3v) is 4.75. The van der Waals surface area contributed by atoms with E-state index in [4.69, 9.17) is 0 Å². The molecule has 2 heteroatoms. The van der Waals surface area contributed by atoms with Gasteiger partial charge in [-0.3, -0.25) is 0 Å². The summed E-state index contributed by atoms with van der Waals surface area (Å²) >= 11 is 0. The van der Waals surface area contributed by atoms with Crippen molar-refractivity contribution in [3.8, 4) is 11.3 Å². The minimum atomic E-state index is 0.656. The predicted octanol–water partition coefficient (Wildman–Crippen LogP) is 4.85. The molecule has 3 rings (SSSR count). The van der Waals surface area contributed by atoms with Crippen molar-refractivity contribution in [1.82, 2.24) is 4.98 Å². The highest BCUT2D eigenvalue weighted by molar-refractivity contribution is 5.91. The summed E-state index contributed by atoms with van der Waals surface area (Å²) in [6, 6.07) is 11.3. The van der Waals surface area contributed by atoms with Gasteiger partial charge in [0.15, 0.2) is 5.52 Å². The zero-order chi connectivity index (χ0) is 17.4. The lowest BCUT2D eigenvalue weighted by Crippen LogP contribution is -2.32. The zero-order valence-electron chi connectivity index (χ0n) is 15.6. The van der Waals surface area contributed by atoms with E-state index in [0.29, 0.717) is 5.92 Å². The second-order valence-electron chi connectivity index (χ2n) is 7.41. The van der Waals surface area contributed by atoms with E-state index in [1.807, 2.05) is 6.33 Å². The van der Waals surface area contributed by atoms with Gasteiger partial charge in [0, 0.05) is 5.56 Å². The minimum absolute atomic E-state index is 0.656. The van der Waals surface area contributed by atoms with Crippen molar-refractivity contribution in [2.75, 3.05) is 0 Å². The maximum absolute atomic E-state index is 4.67. The molecule has 3 aromatic rings. The van der Waals surface area contributed by atoms with Crippen LogP contribution in [0, 0.1) is 26.7 Å². The first kappa shape index (κ1) is 16.6. The third-order valence-electron chi connectivity index (χ3n) is 4.75. The number of rotatable bonds is 3. The molecule has 0 amide bonds. The first-order chi connectivity index (χ1) is 11.4. The summed E-state index contributed by atoms with van der Waals surface area (Å²) in [5.74, 6) is 0.656. The molecule has 0 aliphatic heterocycles. The Kier molecular flexibility index (Phi) is 4.40. The molecule has 0 saturated carbocycles. The van der Waals surface area contributed by atoms with Crippen LogP contribution in [0.4, 0.5) is 0 Å². The summed E-state index contributed by atoms with van der Waals surface area (Å²) in [6.07, 6.45) is 3.03. The van der Waals surface area contributed by atoms with E-state index < -0.39 is 0 Å². The molecular weight excluding hydrogens is 292 g/mol. The van der Waals surface area contributed by atoms with Gasteiger partial charge in [-0.15, -0.1) is 0 Å². The summed E-state index contributed by atoms with van der Waals surface area (Å²) in [5.41, 5.74) is 8.98. The van der Waals surface area contributed by atoms with Crippen molar-refractivity contribution in [2.24, 2.45) is 13.0 Å². The van der Waals surface area contributed by atoms with Gasteiger partial charge in [-0.2, -0.15) is 0 Å². The Hall–Kier alpha value is -2.22. The monoisotopic (exact) mass is 319 g/mol. The van der Waals surface area contributed by atoms with E-state index in [1.54, 1.807) is 0 Å². The summed E-state index contributed by atoms with van der Waals surface area (Å²) in [4.78, 5) is 4.67. The average molecular weight is 319 g/mol. The Morgan fingerprint density at radius 2 is 1.79 bits per heavy atom. The van der Waals surface area contributed by atoms with E-state index in [0.717, 1.165) is 11.9 Å². The fraction of sp³-hybridized carbons (Fsp3) is 0.364. The summed E-state index contributed by atoms with van der Waals surface area (Å²) in [6.45, 7) is 11.1. The second-order valence-corrected chi connectivity index (χ2v) is 7.41. The maximum atomic E-state index is 4.67. The maximum Gasteiger partial charge on any atom is 0.287 e. The lowest BCUT2D eigenvalue weighted by atomic mass is 9.94. The van der Waals surface area contributed by atoms with Crippen molar-refractivity contribution < 1.29 is 4.57 Å². The van der Waals surface area contributed by atoms with E-state index in [1.165, 1.54) is 38.9 Å². The number of benzene rings is 2. The highest BCUT2D eigenvalue weighted by Gasteiger charge is 2.18. The van der Waals surface area contributed by atoms with Crippen LogP contribution in [0.5, 0.6) is 0 Å². The molecule has 0 N–H and O–H groups in total. The van der Waals surface area contributed by atoms with Gasteiger partial charge in [-0.25, -0.2) is 4.57 Å². The van der Waals surface area contributed by atoms with Crippen LogP contribution in [0.25, 0.3) is 22.2 Å². The lowest BCUT2D eigenvalue weighted by molar-refractivity contribution is -0.662. The molecule has 124 valence electrons. The van der Waals surface area contributed by atoms with E-state index in [-0.39, 0.29) is 0 Å². The fourth-order valence-electron chi connectivity index (χ4n) is 3.50. The van der Waals surface area contributed by atoms with Gasteiger partial charge in [-0.1, -0.05) is 31.5 Å². The van der Waals surface area contributed by atoms with Gasteiger partial charge in [-0.05, 0) is 73.0 Å². The van der Waals surface area contributed by atoms with Crippen molar-refractivity contribution >= 4 is 10.9 Å². The normalized spacial score (nSPS) is 11.5. The molecule has 0 bridgehead atoms. The smallest absolute Gasteiger partial charge is 0.232 e. The third kappa shape index (κ3) is 3.06. The molecule has 2 nitrogen and oxygen atoms in total. The van der Waals surface area contributed by atoms with Crippen LogP contribution >= 0.6 is 0 Å². The quantitative estimate of drug-likeness (QED) is 0.631. The first-order valence-electron chi connectivity index (χ1n) is 8.72. The van der Waals surface area contributed by atoms with E-state index >= 15 is 0 Å². The molecule has 0 aliphatic rings. The number of nitrogens with zero attached hydrogens (tertiary/aromatic N) is 2. The number of hydrogen-bond donors (Lipinski definition) is 0. The van der Waals surface area contributed by atoms with Gasteiger partial charge < -0.3 is 0 Å². The second kappa shape index (κ2) is 6.35. The van der Waals surface area contributed by atoms with Crippen LogP contribution in [0.15, 0.2) is 36.7 Å². The average Bonchev–Trinajstić information content (AvgIpc) is 2.51. The van der Waals surface area contributed by atoms with Gasteiger partial charge in [0.05, 0.1) is 12.4 Å². The molecule has 0 aliphatic carbocycles. The van der Waals surface area contributed by atoms with E-state index in [9.17, 15) is 0 Å². The standard InChI is InChI=1S/C22H27N2/c1-14(2)9-18-7-8-19-21(12-18)23-13-24(6)22(19)20-11-15(3)10-16(4)17(20)5/h7-8,10-14H,9H2,1-6H3/q+1. The van der Waals surface area contributed by atoms with Gasteiger partial charge in [0.2, 0.25) is 0 Å². The number of aromatic nitrogens is 2. The van der Waals surface area contributed by atoms with Crippen LogP contribution in [-0.4, -0.2) is 4.98 Å². The lowest BCUT2D eigenvalue weighted by Gasteiger charge is -2.13. The first-order valence-corrected chi connectivity index (χ1v) is 8.72.